The van der Waals surface area contributed by atoms with Crippen LogP contribution in [0.3, 0.4) is 0 Å². The molecule has 0 bridgehead atoms. The first-order valence-electron chi connectivity index (χ1n) is 4.19. The summed E-state index contributed by atoms with van der Waals surface area (Å²) in [7, 11) is 0. The van der Waals surface area contributed by atoms with E-state index in [1.807, 2.05) is 0 Å². The van der Waals surface area contributed by atoms with Gasteiger partial charge in [0, 0.05) is 13.1 Å². The van der Waals surface area contributed by atoms with Gasteiger partial charge in [-0.05, 0) is 19.4 Å². The Balaban J connectivity index is 2.43. The van der Waals surface area contributed by atoms with Crippen molar-refractivity contribution < 1.29 is 0 Å². The first kappa shape index (κ1) is 8.58. The van der Waals surface area contributed by atoms with Crippen LogP contribution in [-0.2, 0) is 0 Å². The van der Waals surface area contributed by atoms with E-state index in [-0.39, 0.29) is 5.54 Å². The average Bonchev–Trinajstić information content (AvgIpc) is 2.06. The molecule has 1 aliphatic rings. The van der Waals surface area contributed by atoms with Crippen LogP contribution in [0.4, 0.5) is 0 Å². The fourth-order valence-electron chi connectivity index (χ4n) is 1.41. The van der Waals surface area contributed by atoms with Crippen molar-refractivity contribution in [2.45, 2.75) is 25.3 Å². The lowest BCUT2D eigenvalue weighted by molar-refractivity contribution is 0.198. The van der Waals surface area contributed by atoms with Crippen LogP contribution in [0, 0.1) is 12.3 Å². The van der Waals surface area contributed by atoms with Crippen molar-refractivity contribution in [3.05, 3.63) is 0 Å². The van der Waals surface area contributed by atoms with Gasteiger partial charge in [0.1, 0.15) is 0 Å². The molecule has 0 amide bonds. The smallest absolute Gasteiger partial charge is 0.0797 e. The van der Waals surface area contributed by atoms with Gasteiger partial charge in [0.2, 0.25) is 0 Å². The van der Waals surface area contributed by atoms with Crippen molar-refractivity contribution in [1.29, 1.82) is 0 Å². The Labute approximate surface area is 68.8 Å². The van der Waals surface area contributed by atoms with Gasteiger partial charge in [-0.25, -0.2) is 0 Å². The number of terminal acetylenes is 1. The second-order valence-electron chi connectivity index (χ2n) is 3.23. The van der Waals surface area contributed by atoms with Crippen LogP contribution in [0.1, 0.15) is 19.8 Å². The Morgan fingerprint density at radius 2 is 2.09 bits per heavy atom. The van der Waals surface area contributed by atoms with Crippen molar-refractivity contribution in [3.63, 3.8) is 0 Å². The Morgan fingerprint density at radius 1 is 1.55 bits per heavy atom. The van der Waals surface area contributed by atoms with E-state index in [0.717, 1.165) is 32.5 Å². The normalized spacial score (nSPS) is 24.5. The van der Waals surface area contributed by atoms with Gasteiger partial charge in [0.25, 0.3) is 0 Å². The Hall–Kier alpha value is -0.520. The van der Waals surface area contributed by atoms with E-state index >= 15 is 0 Å². The number of hydrogen-bond donors (Lipinski definition) is 1. The lowest BCUT2D eigenvalue weighted by atomic mass is 9.90. The van der Waals surface area contributed by atoms with Crippen LogP contribution in [0.15, 0.2) is 0 Å². The highest BCUT2D eigenvalue weighted by atomic mass is 15.1. The summed E-state index contributed by atoms with van der Waals surface area (Å²) in [5, 5.41) is 0. The van der Waals surface area contributed by atoms with Gasteiger partial charge < -0.3 is 10.6 Å². The molecule has 0 unspecified atom stereocenters. The van der Waals surface area contributed by atoms with Gasteiger partial charge in [0.05, 0.1) is 5.54 Å². The van der Waals surface area contributed by atoms with E-state index < -0.39 is 0 Å². The zero-order chi connectivity index (χ0) is 8.32. The summed E-state index contributed by atoms with van der Waals surface area (Å²) in [5.74, 6) is 2.68. The molecule has 1 fully saturated rings. The van der Waals surface area contributed by atoms with E-state index in [9.17, 15) is 0 Å². The summed E-state index contributed by atoms with van der Waals surface area (Å²) in [4.78, 5) is 2.38. The third kappa shape index (κ3) is 1.95. The molecule has 1 heterocycles. The highest BCUT2D eigenvalue weighted by Gasteiger charge is 2.27. The quantitative estimate of drug-likeness (QED) is 0.552. The number of rotatable bonds is 1. The van der Waals surface area contributed by atoms with Gasteiger partial charge in [-0.15, -0.1) is 6.42 Å². The highest BCUT2D eigenvalue weighted by molar-refractivity contribution is 5.12. The molecule has 0 aromatic carbocycles. The van der Waals surface area contributed by atoms with Gasteiger partial charge >= 0.3 is 0 Å². The van der Waals surface area contributed by atoms with E-state index in [0.29, 0.717) is 0 Å². The summed E-state index contributed by atoms with van der Waals surface area (Å²) in [6, 6.07) is 0. The monoisotopic (exact) mass is 152 g/mol. The van der Waals surface area contributed by atoms with E-state index in [4.69, 9.17) is 12.2 Å². The van der Waals surface area contributed by atoms with E-state index in [1.54, 1.807) is 0 Å². The molecule has 11 heavy (non-hydrogen) atoms. The molecule has 0 atom stereocenters. The van der Waals surface area contributed by atoms with Crippen LogP contribution in [0.2, 0.25) is 0 Å². The summed E-state index contributed by atoms with van der Waals surface area (Å²) >= 11 is 0. The average molecular weight is 152 g/mol. The van der Waals surface area contributed by atoms with Crippen LogP contribution >= 0.6 is 0 Å². The summed E-state index contributed by atoms with van der Waals surface area (Å²) < 4.78 is 0. The number of piperidine rings is 1. The van der Waals surface area contributed by atoms with Crippen molar-refractivity contribution in [3.8, 4) is 12.3 Å². The fraction of sp³-hybridized carbons (Fsp3) is 0.778. The number of likely N-dealkylation sites (tertiary alicyclic amines) is 1. The van der Waals surface area contributed by atoms with Crippen LogP contribution in [0.25, 0.3) is 0 Å². The lowest BCUT2D eigenvalue weighted by Gasteiger charge is -2.35. The molecule has 2 N–H and O–H groups in total. The molecule has 0 saturated carbocycles. The van der Waals surface area contributed by atoms with Crippen LogP contribution in [0.5, 0.6) is 0 Å². The first-order valence-corrected chi connectivity index (χ1v) is 4.19. The highest BCUT2D eigenvalue weighted by Crippen LogP contribution is 2.17. The number of nitrogens with zero attached hydrogens (tertiary/aromatic N) is 1. The third-order valence-corrected chi connectivity index (χ3v) is 2.48. The van der Waals surface area contributed by atoms with Crippen molar-refractivity contribution in [2.75, 3.05) is 19.6 Å². The summed E-state index contributed by atoms with van der Waals surface area (Å²) in [6.45, 7) is 5.38. The largest absolute Gasteiger partial charge is 0.315 e. The molecule has 62 valence electrons. The molecule has 0 spiro atoms. The summed E-state index contributed by atoms with van der Waals surface area (Å²) in [5.41, 5.74) is 5.60. The molecule has 2 heteroatoms. The molecule has 2 nitrogen and oxygen atoms in total. The van der Waals surface area contributed by atoms with E-state index in [1.165, 1.54) is 0 Å². The maximum absolute atomic E-state index is 5.91. The predicted octanol–water partition coefficient (Wildman–Crippen LogP) is 0.433. The second-order valence-corrected chi connectivity index (χ2v) is 3.23. The first-order chi connectivity index (χ1) is 5.20. The van der Waals surface area contributed by atoms with Gasteiger partial charge in [-0.1, -0.05) is 12.8 Å². The maximum Gasteiger partial charge on any atom is 0.0797 e. The van der Waals surface area contributed by atoms with Crippen molar-refractivity contribution in [2.24, 2.45) is 5.73 Å². The topological polar surface area (TPSA) is 29.3 Å². The second kappa shape index (κ2) is 3.25. The third-order valence-electron chi connectivity index (χ3n) is 2.48. The van der Waals surface area contributed by atoms with Gasteiger partial charge in [0.15, 0.2) is 0 Å². The standard InChI is InChI=1S/C9H16N2/c1-3-9(10)5-7-11(4-2)8-6-9/h1H,4-8,10H2,2H3. The molecule has 0 aromatic heterocycles. The molecule has 1 aliphatic heterocycles. The lowest BCUT2D eigenvalue weighted by Crippen LogP contribution is -2.49. The molecular weight excluding hydrogens is 136 g/mol. The zero-order valence-corrected chi connectivity index (χ0v) is 7.14. The molecule has 0 aliphatic carbocycles. The minimum absolute atomic E-state index is 0.314. The molecule has 0 radical (unpaired) electrons. The SMILES string of the molecule is C#CC1(N)CCN(CC)CC1. The van der Waals surface area contributed by atoms with Crippen LogP contribution in [-0.4, -0.2) is 30.1 Å². The fourth-order valence-corrected chi connectivity index (χ4v) is 1.41. The zero-order valence-electron chi connectivity index (χ0n) is 7.14. The Kier molecular flexibility index (Phi) is 2.53. The van der Waals surface area contributed by atoms with E-state index in [2.05, 4.69) is 17.7 Å². The predicted molar refractivity (Wildman–Crippen MR) is 47.1 cm³/mol. The Bertz CT molecular complexity index is 161. The minimum Gasteiger partial charge on any atom is -0.315 e. The molecule has 0 aromatic rings. The van der Waals surface area contributed by atoms with Crippen LogP contribution < -0.4 is 5.73 Å². The minimum atomic E-state index is -0.314. The van der Waals surface area contributed by atoms with Crippen molar-refractivity contribution in [1.82, 2.24) is 4.90 Å². The Morgan fingerprint density at radius 3 is 2.45 bits per heavy atom. The van der Waals surface area contributed by atoms with Crippen molar-refractivity contribution >= 4 is 0 Å². The summed E-state index contributed by atoms with van der Waals surface area (Å²) in [6.07, 6.45) is 7.21. The molecule has 1 rings (SSSR count). The molecule has 1 saturated heterocycles. The number of hydrogen-bond acceptors (Lipinski definition) is 2. The van der Waals surface area contributed by atoms with Gasteiger partial charge in [-0.3, -0.25) is 0 Å². The molecular formula is C9H16N2. The number of nitrogens with two attached hydrogens (primary N) is 1. The van der Waals surface area contributed by atoms with Gasteiger partial charge in [-0.2, -0.15) is 0 Å². The maximum atomic E-state index is 5.91.